The molecule has 62 valence electrons. The largest absolute Gasteiger partial charge is 0.326 e. The third-order valence-corrected chi connectivity index (χ3v) is 2.36. The lowest BCUT2D eigenvalue weighted by Crippen LogP contribution is -2.46. The quantitative estimate of drug-likeness (QED) is 0.584. The van der Waals surface area contributed by atoms with Gasteiger partial charge < -0.3 is 10.6 Å². The fraction of sp³-hybridized carbons (Fsp3) is 0.875. The molecule has 1 rings (SSSR count). The molecule has 11 heavy (non-hydrogen) atoms. The van der Waals surface area contributed by atoms with Crippen LogP contribution in [0.4, 0.5) is 0 Å². The Morgan fingerprint density at radius 3 is 3.00 bits per heavy atom. The summed E-state index contributed by atoms with van der Waals surface area (Å²) in [6, 6.07) is 2.39. The minimum absolute atomic E-state index is 0.202. The van der Waals surface area contributed by atoms with Crippen molar-refractivity contribution in [1.29, 1.82) is 5.26 Å². The third-order valence-electron chi connectivity index (χ3n) is 2.36. The van der Waals surface area contributed by atoms with Gasteiger partial charge >= 0.3 is 0 Å². The van der Waals surface area contributed by atoms with Gasteiger partial charge in [0.2, 0.25) is 0 Å². The van der Waals surface area contributed by atoms with Gasteiger partial charge in [0, 0.05) is 19.0 Å². The Kier molecular flexibility index (Phi) is 2.86. The fourth-order valence-electron chi connectivity index (χ4n) is 1.57. The maximum absolute atomic E-state index is 8.48. The van der Waals surface area contributed by atoms with E-state index >= 15 is 0 Å². The van der Waals surface area contributed by atoms with Crippen LogP contribution < -0.4 is 5.73 Å². The Morgan fingerprint density at radius 1 is 1.73 bits per heavy atom. The predicted molar refractivity (Wildman–Crippen MR) is 43.8 cm³/mol. The molecule has 0 aliphatic carbocycles. The summed E-state index contributed by atoms with van der Waals surface area (Å²) in [6.07, 6.45) is 1.69. The molecule has 1 aliphatic heterocycles. The molecule has 2 atom stereocenters. The van der Waals surface area contributed by atoms with Gasteiger partial charge in [-0.15, -0.1) is 0 Å². The van der Waals surface area contributed by atoms with Crippen molar-refractivity contribution in [2.45, 2.75) is 18.9 Å². The molecule has 0 aromatic carbocycles. The van der Waals surface area contributed by atoms with Crippen LogP contribution >= 0.6 is 0 Å². The SMILES string of the molecule is CN1CC[C@H](CC#N)[C@H](N)C1. The maximum Gasteiger partial charge on any atom is 0.0625 e. The number of hydrogen-bond donors (Lipinski definition) is 1. The van der Waals surface area contributed by atoms with Crippen LogP contribution in [0.2, 0.25) is 0 Å². The molecule has 0 aromatic rings. The second kappa shape index (κ2) is 3.70. The number of piperidine rings is 1. The summed E-state index contributed by atoms with van der Waals surface area (Å²) in [6.45, 7) is 2.02. The molecule has 1 heterocycles. The summed E-state index contributed by atoms with van der Waals surface area (Å²) in [5.74, 6) is 0.427. The third kappa shape index (κ3) is 2.18. The van der Waals surface area contributed by atoms with E-state index in [4.69, 9.17) is 11.0 Å². The highest BCUT2D eigenvalue weighted by Crippen LogP contribution is 2.17. The van der Waals surface area contributed by atoms with E-state index in [1.807, 2.05) is 0 Å². The Balaban J connectivity index is 2.39. The molecule has 0 saturated carbocycles. The number of nitrogens with zero attached hydrogens (tertiary/aromatic N) is 2. The molecule has 0 aromatic heterocycles. The topological polar surface area (TPSA) is 53.0 Å². The molecule has 0 unspecified atom stereocenters. The molecular weight excluding hydrogens is 138 g/mol. The molecule has 0 bridgehead atoms. The summed E-state index contributed by atoms with van der Waals surface area (Å²) in [5.41, 5.74) is 5.86. The molecule has 3 nitrogen and oxygen atoms in total. The van der Waals surface area contributed by atoms with Gasteiger partial charge in [0.1, 0.15) is 0 Å². The molecule has 2 N–H and O–H groups in total. The number of nitrogens with two attached hydrogens (primary N) is 1. The smallest absolute Gasteiger partial charge is 0.0625 e. The summed E-state index contributed by atoms with van der Waals surface area (Å²) >= 11 is 0. The van der Waals surface area contributed by atoms with Gasteiger partial charge in [0.25, 0.3) is 0 Å². The molecule has 1 fully saturated rings. The van der Waals surface area contributed by atoms with E-state index in [1.165, 1.54) is 0 Å². The minimum Gasteiger partial charge on any atom is -0.326 e. The van der Waals surface area contributed by atoms with Crippen LogP contribution in [-0.4, -0.2) is 31.1 Å². The molecule has 1 aliphatic rings. The van der Waals surface area contributed by atoms with E-state index in [-0.39, 0.29) is 6.04 Å². The Labute approximate surface area is 67.8 Å². The van der Waals surface area contributed by atoms with Crippen molar-refractivity contribution in [2.24, 2.45) is 11.7 Å². The van der Waals surface area contributed by atoms with E-state index in [0.717, 1.165) is 19.5 Å². The molecule has 0 radical (unpaired) electrons. The van der Waals surface area contributed by atoms with Crippen molar-refractivity contribution in [3.63, 3.8) is 0 Å². The number of likely N-dealkylation sites (N-methyl/N-ethyl adjacent to an activating group) is 1. The molecular formula is C8H15N3. The van der Waals surface area contributed by atoms with Crippen molar-refractivity contribution in [3.05, 3.63) is 0 Å². The van der Waals surface area contributed by atoms with Crippen LogP contribution in [-0.2, 0) is 0 Å². The monoisotopic (exact) mass is 153 g/mol. The first-order chi connectivity index (χ1) is 5.24. The highest BCUT2D eigenvalue weighted by Gasteiger charge is 2.23. The normalized spacial score (nSPS) is 33.2. The summed E-state index contributed by atoms with van der Waals surface area (Å²) in [5, 5.41) is 8.48. The van der Waals surface area contributed by atoms with Crippen molar-refractivity contribution in [1.82, 2.24) is 4.90 Å². The van der Waals surface area contributed by atoms with Gasteiger partial charge in [0.15, 0.2) is 0 Å². The average Bonchev–Trinajstić information content (AvgIpc) is 1.95. The van der Waals surface area contributed by atoms with E-state index in [1.54, 1.807) is 0 Å². The highest BCUT2D eigenvalue weighted by atomic mass is 15.1. The lowest BCUT2D eigenvalue weighted by atomic mass is 9.90. The summed E-state index contributed by atoms with van der Waals surface area (Å²) in [4.78, 5) is 2.22. The standard InChI is InChI=1S/C8H15N3/c1-11-5-3-7(2-4-9)8(10)6-11/h7-8H,2-3,5-6,10H2,1H3/t7-,8+/m0/s1. The van der Waals surface area contributed by atoms with Crippen LogP contribution in [0.1, 0.15) is 12.8 Å². The van der Waals surface area contributed by atoms with E-state index in [9.17, 15) is 0 Å². The van der Waals surface area contributed by atoms with Crippen molar-refractivity contribution in [2.75, 3.05) is 20.1 Å². The second-order valence-electron chi connectivity index (χ2n) is 3.34. The van der Waals surface area contributed by atoms with E-state index in [0.29, 0.717) is 12.3 Å². The second-order valence-corrected chi connectivity index (χ2v) is 3.34. The number of hydrogen-bond acceptors (Lipinski definition) is 3. The molecule has 0 spiro atoms. The molecule has 3 heteroatoms. The first-order valence-electron chi connectivity index (χ1n) is 4.05. The van der Waals surface area contributed by atoms with Crippen LogP contribution in [0.15, 0.2) is 0 Å². The van der Waals surface area contributed by atoms with E-state index in [2.05, 4.69) is 18.0 Å². The van der Waals surface area contributed by atoms with E-state index < -0.39 is 0 Å². The lowest BCUT2D eigenvalue weighted by Gasteiger charge is -2.33. The zero-order chi connectivity index (χ0) is 8.27. The maximum atomic E-state index is 8.48. The zero-order valence-corrected chi connectivity index (χ0v) is 6.95. The number of nitriles is 1. The average molecular weight is 153 g/mol. The Morgan fingerprint density at radius 2 is 2.45 bits per heavy atom. The van der Waals surface area contributed by atoms with Crippen LogP contribution in [0.5, 0.6) is 0 Å². The highest BCUT2D eigenvalue weighted by molar-refractivity contribution is 4.87. The Bertz CT molecular complexity index is 161. The fourth-order valence-corrected chi connectivity index (χ4v) is 1.57. The van der Waals surface area contributed by atoms with Crippen LogP contribution in [0.3, 0.4) is 0 Å². The Hall–Kier alpha value is -0.590. The lowest BCUT2D eigenvalue weighted by molar-refractivity contribution is 0.193. The summed E-state index contributed by atoms with van der Waals surface area (Å²) in [7, 11) is 2.07. The van der Waals surface area contributed by atoms with Crippen molar-refractivity contribution >= 4 is 0 Å². The van der Waals surface area contributed by atoms with Crippen LogP contribution in [0.25, 0.3) is 0 Å². The zero-order valence-electron chi connectivity index (χ0n) is 6.95. The minimum atomic E-state index is 0.202. The van der Waals surface area contributed by atoms with Gasteiger partial charge in [-0.25, -0.2) is 0 Å². The first kappa shape index (κ1) is 8.51. The van der Waals surface area contributed by atoms with Gasteiger partial charge in [-0.3, -0.25) is 0 Å². The number of rotatable bonds is 1. The first-order valence-corrected chi connectivity index (χ1v) is 4.05. The van der Waals surface area contributed by atoms with Gasteiger partial charge in [0.05, 0.1) is 6.07 Å². The molecule has 0 amide bonds. The van der Waals surface area contributed by atoms with Crippen molar-refractivity contribution in [3.8, 4) is 6.07 Å². The van der Waals surface area contributed by atoms with Crippen molar-refractivity contribution < 1.29 is 0 Å². The molecule has 1 saturated heterocycles. The number of likely N-dealkylation sites (tertiary alicyclic amines) is 1. The summed E-state index contributed by atoms with van der Waals surface area (Å²) < 4.78 is 0. The van der Waals surface area contributed by atoms with Gasteiger partial charge in [-0.05, 0) is 25.9 Å². The van der Waals surface area contributed by atoms with Crippen LogP contribution in [0, 0.1) is 17.2 Å². The van der Waals surface area contributed by atoms with Gasteiger partial charge in [-0.2, -0.15) is 5.26 Å². The predicted octanol–water partition coefficient (Wildman–Crippen LogP) is 0.179. The van der Waals surface area contributed by atoms with Gasteiger partial charge in [-0.1, -0.05) is 0 Å².